The van der Waals surface area contributed by atoms with Gasteiger partial charge in [0, 0.05) is 37.5 Å². The molecule has 2 N–H and O–H groups in total. The summed E-state index contributed by atoms with van der Waals surface area (Å²) < 4.78 is 10.9. The highest BCUT2D eigenvalue weighted by Gasteiger charge is 2.28. The molecule has 1 aromatic rings. The Morgan fingerprint density at radius 2 is 1.96 bits per heavy atom. The number of carbonyl (C=O) groups excluding carboxylic acids is 2. The molecule has 2 rings (SSSR count). The first-order chi connectivity index (χ1) is 11.9. The number of urea groups is 1. The molecule has 1 aliphatic rings. The highest BCUT2D eigenvalue weighted by atomic mass is 16.5. The van der Waals surface area contributed by atoms with Gasteiger partial charge in [0.15, 0.2) is 0 Å². The van der Waals surface area contributed by atoms with Crippen molar-refractivity contribution in [1.82, 2.24) is 10.2 Å². The number of nitrogens with one attached hydrogen (secondary N) is 2. The Morgan fingerprint density at radius 3 is 2.56 bits per heavy atom. The first-order valence-corrected chi connectivity index (χ1v) is 8.50. The maximum atomic E-state index is 12.7. The van der Waals surface area contributed by atoms with E-state index in [1.165, 1.54) is 0 Å². The van der Waals surface area contributed by atoms with Gasteiger partial charge in [0.05, 0.1) is 18.8 Å². The van der Waals surface area contributed by atoms with E-state index in [4.69, 9.17) is 9.47 Å². The Labute approximate surface area is 148 Å². The second-order valence-corrected chi connectivity index (χ2v) is 6.56. The van der Waals surface area contributed by atoms with Crippen LogP contribution in [0.1, 0.15) is 31.1 Å². The average molecular weight is 349 g/mol. The van der Waals surface area contributed by atoms with Crippen LogP contribution in [0.2, 0.25) is 0 Å². The third-order valence-corrected chi connectivity index (χ3v) is 3.78. The number of carbonyl (C=O) groups is 2. The third-order valence-electron chi connectivity index (χ3n) is 3.78. The molecule has 0 bridgehead atoms. The minimum Gasteiger partial charge on any atom is -0.382 e. The Kier molecular flexibility index (Phi) is 6.78. The van der Waals surface area contributed by atoms with Crippen LogP contribution >= 0.6 is 0 Å². The number of anilines is 1. The van der Waals surface area contributed by atoms with Gasteiger partial charge in [-0.3, -0.25) is 4.79 Å². The maximum Gasteiger partial charge on any atom is 0.319 e. The second-order valence-electron chi connectivity index (χ2n) is 6.56. The smallest absolute Gasteiger partial charge is 0.319 e. The Bertz CT molecular complexity index is 588. The predicted molar refractivity (Wildman–Crippen MR) is 95.8 cm³/mol. The first kappa shape index (κ1) is 19.2. The lowest BCUT2D eigenvalue weighted by Crippen LogP contribution is -2.50. The van der Waals surface area contributed by atoms with Crippen LogP contribution in [-0.4, -0.2) is 61.9 Å². The molecular formula is C18H27N3O4. The van der Waals surface area contributed by atoms with Crippen molar-refractivity contribution < 1.29 is 19.1 Å². The van der Waals surface area contributed by atoms with Crippen molar-refractivity contribution in [2.24, 2.45) is 0 Å². The summed E-state index contributed by atoms with van der Waals surface area (Å²) in [5.41, 5.74) is 1.22. The molecule has 7 heteroatoms. The molecule has 1 saturated heterocycles. The Hall–Kier alpha value is -2.12. The van der Waals surface area contributed by atoms with E-state index in [0.29, 0.717) is 30.9 Å². The van der Waals surface area contributed by atoms with Crippen LogP contribution in [0.3, 0.4) is 0 Å². The fraction of sp³-hybridized carbons (Fsp3) is 0.556. The minimum absolute atomic E-state index is 0.0291. The van der Waals surface area contributed by atoms with Crippen molar-refractivity contribution in [3.8, 4) is 0 Å². The van der Waals surface area contributed by atoms with Crippen molar-refractivity contribution in [2.75, 3.05) is 32.1 Å². The molecule has 0 spiro atoms. The van der Waals surface area contributed by atoms with Gasteiger partial charge in [-0.15, -0.1) is 0 Å². The zero-order valence-electron chi connectivity index (χ0n) is 15.2. The number of nitrogens with zero attached hydrogens (tertiary/aromatic N) is 1. The Morgan fingerprint density at radius 1 is 1.28 bits per heavy atom. The molecule has 2 atom stereocenters. The van der Waals surface area contributed by atoms with Crippen molar-refractivity contribution in [1.29, 1.82) is 0 Å². The van der Waals surface area contributed by atoms with Crippen LogP contribution in [0.25, 0.3) is 0 Å². The maximum absolute atomic E-state index is 12.7. The van der Waals surface area contributed by atoms with E-state index in [-0.39, 0.29) is 30.2 Å². The number of amides is 3. The second kappa shape index (κ2) is 8.82. The highest BCUT2D eigenvalue weighted by Crippen LogP contribution is 2.16. The molecule has 0 radical (unpaired) electrons. The molecule has 0 aliphatic carbocycles. The number of benzene rings is 1. The van der Waals surface area contributed by atoms with E-state index in [1.54, 1.807) is 36.3 Å². The van der Waals surface area contributed by atoms with E-state index in [1.807, 2.05) is 20.8 Å². The fourth-order valence-electron chi connectivity index (χ4n) is 2.80. The van der Waals surface area contributed by atoms with E-state index in [2.05, 4.69) is 10.6 Å². The lowest BCUT2D eigenvalue weighted by atomic mass is 10.1. The lowest BCUT2D eigenvalue weighted by Gasteiger charge is -2.36. The zero-order chi connectivity index (χ0) is 18.4. The van der Waals surface area contributed by atoms with Crippen LogP contribution < -0.4 is 10.6 Å². The zero-order valence-corrected chi connectivity index (χ0v) is 15.2. The highest BCUT2D eigenvalue weighted by molar-refractivity contribution is 5.95. The van der Waals surface area contributed by atoms with E-state index in [9.17, 15) is 9.59 Å². The molecule has 1 aliphatic heterocycles. The number of hydrogen-bond acceptors (Lipinski definition) is 4. The number of rotatable bonds is 5. The third kappa shape index (κ3) is 5.72. The van der Waals surface area contributed by atoms with E-state index >= 15 is 0 Å². The summed E-state index contributed by atoms with van der Waals surface area (Å²) in [5, 5.41) is 5.49. The van der Waals surface area contributed by atoms with Gasteiger partial charge in [-0.25, -0.2) is 4.79 Å². The summed E-state index contributed by atoms with van der Waals surface area (Å²) >= 11 is 0. The summed E-state index contributed by atoms with van der Waals surface area (Å²) in [4.78, 5) is 26.2. The van der Waals surface area contributed by atoms with Crippen molar-refractivity contribution in [3.05, 3.63) is 29.8 Å². The fourth-order valence-corrected chi connectivity index (χ4v) is 2.80. The van der Waals surface area contributed by atoms with Crippen LogP contribution in [0.4, 0.5) is 10.5 Å². The molecule has 7 nitrogen and oxygen atoms in total. The molecule has 1 fully saturated rings. The monoisotopic (exact) mass is 349 g/mol. The number of methoxy groups -OCH3 is 1. The van der Waals surface area contributed by atoms with Crippen molar-refractivity contribution in [2.45, 2.75) is 39.0 Å². The van der Waals surface area contributed by atoms with E-state index < -0.39 is 0 Å². The number of morpholine rings is 1. The van der Waals surface area contributed by atoms with Gasteiger partial charge >= 0.3 is 6.03 Å². The van der Waals surface area contributed by atoms with Crippen LogP contribution in [0.5, 0.6) is 0 Å². The topological polar surface area (TPSA) is 79.9 Å². The predicted octanol–water partition coefficient (Wildman–Crippen LogP) is 2.09. The van der Waals surface area contributed by atoms with Crippen molar-refractivity contribution >= 4 is 17.6 Å². The van der Waals surface area contributed by atoms with Crippen LogP contribution in [0.15, 0.2) is 24.3 Å². The number of ether oxygens (including phenoxy) is 2. The van der Waals surface area contributed by atoms with Crippen LogP contribution in [0, 0.1) is 0 Å². The van der Waals surface area contributed by atoms with Gasteiger partial charge < -0.3 is 25.0 Å². The van der Waals surface area contributed by atoms with Crippen molar-refractivity contribution in [3.63, 3.8) is 0 Å². The molecule has 0 saturated carbocycles. The minimum atomic E-state index is -0.265. The molecule has 3 amide bonds. The summed E-state index contributed by atoms with van der Waals surface area (Å²) in [6.07, 6.45) is -0.142. The summed E-state index contributed by atoms with van der Waals surface area (Å²) in [6.45, 7) is 7.25. The normalized spacial score (nSPS) is 20.4. The lowest BCUT2D eigenvalue weighted by molar-refractivity contribution is -0.0918. The van der Waals surface area contributed by atoms with Gasteiger partial charge in [0.1, 0.15) is 0 Å². The molecule has 0 aromatic heterocycles. The molecule has 0 unspecified atom stereocenters. The first-order valence-electron chi connectivity index (χ1n) is 8.50. The largest absolute Gasteiger partial charge is 0.382 e. The quantitative estimate of drug-likeness (QED) is 0.853. The SMILES string of the molecule is COC[C@@H]1CN(C(=O)c2ccc(NC(=O)NC(C)C)cc2)C[C@@H](C)O1. The molecule has 1 heterocycles. The molecule has 138 valence electrons. The van der Waals surface area contributed by atoms with Gasteiger partial charge in [0.25, 0.3) is 5.91 Å². The average Bonchev–Trinajstić information content (AvgIpc) is 2.54. The van der Waals surface area contributed by atoms with Gasteiger partial charge in [-0.05, 0) is 45.0 Å². The van der Waals surface area contributed by atoms with Gasteiger partial charge in [0.2, 0.25) is 0 Å². The van der Waals surface area contributed by atoms with Gasteiger partial charge in [-0.1, -0.05) is 0 Å². The molecule has 25 heavy (non-hydrogen) atoms. The van der Waals surface area contributed by atoms with E-state index in [0.717, 1.165) is 0 Å². The Balaban J connectivity index is 1.98. The van der Waals surface area contributed by atoms with Crippen LogP contribution in [-0.2, 0) is 9.47 Å². The molecular weight excluding hydrogens is 322 g/mol. The standard InChI is InChI=1S/C18H27N3O4/c1-12(2)19-18(23)20-15-7-5-14(6-8-15)17(22)21-9-13(3)25-16(10-21)11-24-4/h5-8,12-13,16H,9-11H2,1-4H3,(H2,19,20,23)/t13-,16+/m1/s1. The van der Waals surface area contributed by atoms with Gasteiger partial charge in [-0.2, -0.15) is 0 Å². The molecule has 1 aromatic carbocycles. The summed E-state index contributed by atoms with van der Waals surface area (Å²) in [7, 11) is 1.62. The summed E-state index contributed by atoms with van der Waals surface area (Å²) in [6, 6.07) is 6.69. The number of hydrogen-bond donors (Lipinski definition) is 2. The summed E-state index contributed by atoms with van der Waals surface area (Å²) in [5.74, 6) is -0.0468.